The standard InChI is InChI=1S/C9H14O3/c10-8(11)7-5-12-6-9(7)3-1-2-4-9/h7H,1-6H2,(H,10,11). The van der Waals surface area contributed by atoms with Gasteiger partial charge in [-0.05, 0) is 12.8 Å². The second-order valence-corrected chi connectivity index (χ2v) is 3.98. The van der Waals surface area contributed by atoms with Crippen molar-refractivity contribution < 1.29 is 14.6 Å². The smallest absolute Gasteiger partial charge is 0.309 e. The Hall–Kier alpha value is -0.570. The normalized spacial score (nSPS) is 32.8. The third kappa shape index (κ3) is 1.04. The van der Waals surface area contributed by atoms with Gasteiger partial charge in [0.05, 0.1) is 19.1 Å². The van der Waals surface area contributed by atoms with Gasteiger partial charge in [0, 0.05) is 5.41 Å². The van der Waals surface area contributed by atoms with Gasteiger partial charge in [-0.15, -0.1) is 0 Å². The summed E-state index contributed by atoms with van der Waals surface area (Å²) in [5, 5.41) is 8.96. The predicted octanol–water partition coefficient (Wildman–Crippen LogP) is 1.28. The second kappa shape index (κ2) is 2.73. The zero-order chi connectivity index (χ0) is 8.60. The lowest BCUT2D eigenvalue weighted by molar-refractivity contribution is -0.144. The molecule has 0 amide bonds. The molecule has 1 atom stereocenters. The summed E-state index contributed by atoms with van der Waals surface area (Å²) in [6.45, 7) is 1.10. The molecule has 2 fully saturated rings. The molecule has 1 saturated carbocycles. The lowest BCUT2D eigenvalue weighted by Gasteiger charge is -2.25. The van der Waals surface area contributed by atoms with E-state index in [1.54, 1.807) is 0 Å². The van der Waals surface area contributed by atoms with E-state index >= 15 is 0 Å². The summed E-state index contributed by atoms with van der Waals surface area (Å²) in [4.78, 5) is 10.9. The van der Waals surface area contributed by atoms with E-state index in [1.165, 1.54) is 12.8 Å². The Bertz CT molecular complexity index is 188. The van der Waals surface area contributed by atoms with Crippen molar-refractivity contribution in [1.82, 2.24) is 0 Å². The number of hydrogen-bond acceptors (Lipinski definition) is 2. The minimum atomic E-state index is -0.672. The van der Waals surface area contributed by atoms with E-state index < -0.39 is 5.97 Å². The number of aliphatic carboxylic acids is 1. The fourth-order valence-corrected chi connectivity index (χ4v) is 2.56. The van der Waals surface area contributed by atoms with Crippen LogP contribution in [0.15, 0.2) is 0 Å². The van der Waals surface area contributed by atoms with Gasteiger partial charge in [0.2, 0.25) is 0 Å². The summed E-state index contributed by atoms with van der Waals surface area (Å²) >= 11 is 0. The maximum Gasteiger partial charge on any atom is 0.309 e. The molecule has 0 aromatic carbocycles. The fraction of sp³-hybridized carbons (Fsp3) is 0.889. The molecule has 1 unspecified atom stereocenters. The van der Waals surface area contributed by atoms with E-state index in [1.807, 2.05) is 0 Å². The molecule has 1 heterocycles. The molecule has 68 valence electrons. The van der Waals surface area contributed by atoms with Crippen LogP contribution in [0, 0.1) is 11.3 Å². The monoisotopic (exact) mass is 170 g/mol. The Kier molecular flexibility index (Phi) is 1.83. The number of rotatable bonds is 1. The van der Waals surface area contributed by atoms with E-state index in [9.17, 15) is 4.79 Å². The summed E-state index contributed by atoms with van der Waals surface area (Å²) in [6, 6.07) is 0. The van der Waals surface area contributed by atoms with Gasteiger partial charge < -0.3 is 9.84 Å². The summed E-state index contributed by atoms with van der Waals surface area (Å²) in [7, 11) is 0. The van der Waals surface area contributed by atoms with E-state index in [4.69, 9.17) is 9.84 Å². The van der Waals surface area contributed by atoms with Crippen molar-refractivity contribution in [3.63, 3.8) is 0 Å². The Labute approximate surface area is 71.7 Å². The number of hydrogen-bond donors (Lipinski definition) is 1. The van der Waals surface area contributed by atoms with Crippen LogP contribution >= 0.6 is 0 Å². The van der Waals surface area contributed by atoms with Crippen LogP contribution in [0.5, 0.6) is 0 Å². The molecule has 1 spiro atoms. The average Bonchev–Trinajstić information content (AvgIpc) is 2.61. The maximum atomic E-state index is 10.9. The van der Waals surface area contributed by atoms with Crippen LogP contribution in [-0.2, 0) is 9.53 Å². The third-order valence-corrected chi connectivity index (χ3v) is 3.31. The highest BCUT2D eigenvalue weighted by Gasteiger charge is 2.49. The van der Waals surface area contributed by atoms with Crippen molar-refractivity contribution in [3.8, 4) is 0 Å². The quantitative estimate of drug-likeness (QED) is 0.644. The first-order valence-electron chi connectivity index (χ1n) is 4.55. The molecule has 0 bridgehead atoms. The molecule has 1 aliphatic carbocycles. The Morgan fingerprint density at radius 2 is 2.08 bits per heavy atom. The van der Waals surface area contributed by atoms with Crippen LogP contribution in [0.4, 0.5) is 0 Å². The van der Waals surface area contributed by atoms with Gasteiger partial charge in [0.15, 0.2) is 0 Å². The van der Waals surface area contributed by atoms with Crippen molar-refractivity contribution in [3.05, 3.63) is 0 Å². The van der Waals surface area contributed by atoms with E-state index in [0.29, 0.717) is 13.2 Å². The average molecular weight is 170 g/mol. The highest BCUT2D eigenvalue weighted by atomic mass is 16.5. The molecule has 1 aliphatic heterocycles. The Balaban J connectivity index is 2.17. The summed E-state index contributed by atoms with van der Waals surface area (Å²) in [5.41, 5.74) is 0.00579. The molecule has 2 rings (SSSR count). The minimum Gasteiger partial charge on any atom is -0.481 e. The molecule has 3 nitrogen and oxygen atoms in total. The third-order valence-electron chi connectivity index (χ3n) is 3.31. The second-order valence-electron chi connectivity index (χ2n) is 3.98. The van der Waals surface area contributed by atoms with Crippen LogP contribution in [0.25, 0.3) is 0 Å². The Morgan fingerprint density at radius 1 is 1.42 bits per heavy atom. The summed E-state index contributed by atoms with van der Waals surface area (Å²) in [5.74, 6) is -0.908. The highest BCUT2D eigenvalue weighted by molar-refractivity contribution is 5.71. The fourth-order valence-electron chi connectivity index (χ4n) is 2.56. The summed E-state index contributed by atoms with van der Waals surface area (Å²) < 4.78 is 5.28. The summed E-state index contributed by atoms with van der Waals surface area (Å²) in [6.07, 6.45) is 4.44. The van der Waals surface area contributed by atoms with E-state index in [0.717, 1.165) is 12.8 Å². The first-order valence-corrected chi connectivity index (χ1v) is 4.55. The first-order chi connectivity index (χ1) is 5.75. The zero-order valence-corrected chi connectivity index (χ0v) is 7.08. The molecular weight excluding hydrogens is 156 g/mol. The van der Waals surface area contributed by atoms with Crippen molar-refractivity contribution in [2.75, 3.05) is 13.2 Å². The van der Waals surface area contributed by atoms with Crippen LogP contribution in [0.2, 0.25) is 0 Å². The van der Waals surface area contributed by atoms with Gasteiger partial charge in [-0.2, -0.15) is 0 Å². The number of carboxylic acids is 1. The number of carbonyl (C=O) groups is 1. The topological polar surface area (TPSA) is 46.5 Å². The first kappa shape index (κ1) is 8.05. The van der Waals surface area contributed by atoms with Gasteiger partial charge >= 0.3 is 5.97 Å². The zero-order valence-electron chi connectivity index (χ0n) is 7.08. The molecule has 1 saturated heterocycles. The van der Waals surface area contributed by atoms with Crippen LogP contribution in [0.3, 0.4) is 0 Å². The lowest BCUT2D eigenvalue weighted by atomic mass is 9.77. The molecule has 3 heteroatoms. The Morgan fingerprint density at radius 3 is 2.67 bits per heavy atom. The van der Waals surface area contributed by atoms with Crippen molar-refractivity contribution in [1.29, 1.82) is 0 Å². The maximum absolute atomic E-state index is 10.9. The molecule has 0 aromatic rings. The molecular formula is C9H14O3. The van der Waals surface area contributed by atoms with E-state index in [-0.39, 0.29) is 11.3 Å². The lowest BCUT2D eigenvalue weighted by Crippen LogP contribution is -2.32. The van der Waals surface area contributed by atoms with Gasteiger partial charge in [0.1, 0.15) is 0 Å². The van der Waals surface area contributed by atoms with Crippen molar-refractivity contribution in [2.24, 2.45) is 11.3 Å². The van der Waals surface area contributed by atoms with Crippen molar-refractivity contribution in [2.45, 2.75) is 25.7 Å². The SMILES string of the molecule is O=C(O)C1COCC12CCCC2. The molecule has 12 heavy (non-hydrogen) atoms. The molecule has 2 aliphatic rings. The van der Waals surface area contributed by atoms with Gasteiger partial charge in [-0.25, -0.2) is 0 Å². The van der Waals surface area contributed by atoms with Crippen LogP contribution < -0.4 is 0 Å². The predicted molar refractivity (Wildman–Crippen MR) is 42.8 cm³/mol. The molecule has 1 N–H and O–H groups in total. The highest BCUT2D eigenvalue weighted by Crippen LogP contribution is 2.48. The number of carboxylic acid groups (broad SMARTS) is 1. The minimum absolute atomic E-state index is 0.00579. The van der Waals surface area contributed by atoms with Gasteiger partial charge in [-0.1, -0.05) is 12.8 Å². The molecule has 0 radical (unpaired) electrons. The van der Waals surface area contributed by atoms with Crippen molar-refractivity contribution >= 4 is 5.97 Å². The number of ether oxygens (including phenoxy) is 1. The van der Waals surface area contributed by atoms with Crippen LogP contribution in [0.1, 0.15) is 25.7 Å². The van der Waals surface area contributed by atoms with E-state index in [2.05, 4.69) is 0 Å². The molecule has 0 aromatic heterocycles. The van der Waals surface area contributed by atoms with Gasteiger partial charge in [-0.3, -0.25) is 4.79 Å². The van der Waals surface area contributed by atoms with Crippen LogP contribution in [-0.4, -0.2) is 24.3 Å². The van der Waals surface area contributed by atoms with Gasteiger partial charge in [0.25, 0.3) is 0 Å². The largest absolute Gasteiger partial charge is 0.481 e.